The largest absolute Gasteiger partial charge is 0.490 e. The van der Waals surface area contributed by atoms with Gasteiger partial charge in [0.1, 0.15) is 18.2 Å². The molecule has 1 aliphatic heterocycles. The van der Waals surface area contributed by atoms with Gasteiger partial charge in [0.05, 0.1) is 18.3 Å². The minimum atomic E-state index is -0.348. The van der Waals surface area contributed by atoms with E-state index in [1.165, 1.54) is 18.2 Å². The molecule has 0 saturated carbocycles. The molecular weight excluding hydrogens is 331 g/mol. The van der Waals surface area contributed by atoms with Crippen molar-refractivity contribution in [3.05, 3.63) is 65.5 Å². The first-order chi connectivity index (χ1) is 12.6. The molecule has 26 heavy (non-hydrogen) atoms. The van der Waals surface area contributed by atoms with Crippen molar-refractivity contribution in [1.82, 2.24) is 5.32 Å². The maximum atomic E-state index is 13.6. The first-order valence-electron chi connectivity index (χ1n) is 8.83. The van der Waals surface area contributed by atoms with Crippen LogP contribution in [0.5, 0.6) is 5.75 Å². The summed E-state index contributed by atoms with van der Waals surface area (Å²) in [6, 6.07) is 12.2. The minimum absolute atomic E-state index is 0.168. The summed E-state index contributed by atoms with van der Waals surface area (Å²) in [5, 5.41) is 2.92. The molecule has 0 bridgehead atoms. The Balaban J connectivity index is 1.69. The van der Waals surface area contributed by atoms with Crippen molar-refractivity contribution in [2.75, 3.05) is 24.6 Å². The van der Waals surface area contributed by atoms with E-state index in [-0.39, 0.29) is 17.8 Å². The lowest BCUT2D eigenvalue weighted by atomic mass is 10.1. The van der Waals surface area contributed by atoms with E-state index in [4.69, 9.17) is 4.74 Å². The summed E-state index contributed by atoms with van der Waals surface area (Å²) < 4.78 is 19.3. The summed E-state index contributed by atoms with van der Waals surface area (Å²) in [6.45, 7) is 6.50. The smallest absolute Gasteiger partial charge is 0.244 e. The number of carbonyl (C=O) groups is 1. The predicted octanol–water partition coefficient (Wildman–Crippen LogP) is 3.94. The van der Waals surface area contributed by atoms with Gasteiger partial charge in [-0.1, -0.05) is 24.3 Å². The molecule has 1 amide bonds. The van der Waals surface area contributed by atoms with Crippen molar-refractivity contribution in [2.24, 2.45) is 0 Å². The highest BCUT2D eigenvalue weighted by molar-refractivity contribution is 5.92. The van der Waals surface area contributed by atoms with E-state index in [1.54, 1.807) is 18.2 Å². The molecule has 0 spiro atoms. The van der Waals surface area contributed by atoms with Crippen LogP contribution in [-0.4, -0.2) is 25.6 Å². The number of nitrogens with one attached hydrogen (secondary N) is 1. The lowest BCUT2D eigenvalue weighted by molar-refractivity contribution is -0.117. The standard InChI is InChI=1S/C21H23FN2O2/c1-3-24-12-13-26-20-10-8-17(14-19(20)24)15(2)23-21(25)11-9-16-6-4-5-7-18(16)22/h4-11,14-15H,3,12-13H2,1-2H3,(H,23,25)/b11-9+/t15-/m0/s1. The zero-order valence-corrected chi connectivity index (χ0v) is 15.0. The predicted molar refractivity (Wildman–Crippen MR) is 102 cm³/mol. The summed E-state index contributed by atoms with van der Waals surface area (Å²) in [4.78, 5) is 14.4. The van der Waals surface area contributed by atoms with Gasteiger partial charge in [0.25, 0.3) is 0 Å². The quantitative estimate of drug-likeness (QED) is 0.827. The summed E-state index contributed by atoms with van der Waals surface area (Å²) in [5.74, 6) is 0.265. The fraction of sp³-hybridized carbons (Fsp3) is 0.286. The van der Waals surface area contributed by atoms with Crippen molar-refractivity contribution >= 4 is 17.7 Å². The van der Waals surface area contributed by atoms with Crippen LogP contribution >= 0.6 is 0 Å². The van der Waals surface area contributed by atoms with Gasteiger partial charge >= 0.3 is 0 Å². The second-order valence-electron chi connectivity index (χ2n) is 6.24. The number of halogens is 1. The monoisotopic (exact) mass is 354 g/mol. The Hall–Kier alpha value is -2.82. The number of rotatable bonds is 5. The van der Waals surface area contributed by atoms with Crippen molar-refractivity contribution in [1.29, 1.82) is 0 Å². The van der Waals surface area contributed by atoms with Gasteiger partial charge in [0.15, 0.2) is 0 Å². The van der Waals surface area contributed by atoms with Gasteiger partial charge in [0.2, 0.25) is 5.91 Å². The molecule has 0 aliphatic carbocycles. The number of benzene rings is 2. The molecule has 1 aliphatic rings. The lowest BCUT2D eigenvalue weighted by Gasteiger charge is -2.31. The number of hydrogen-bond donors (Lipinski definition) is 1. The third kappa shape index (κ3) is 4.04. The average Bonchev–Trinajstić information content (AvgIpc) is 2.66. The molecular formula is C21H23FN2O2. The number of amides is 1. The molecule has 0 unspecified atom stereocenters. The molecule has 4 nitrogen and oxygen atoms in total. The SMILES string of the molecule is CCN1CCOc2ccc([C@H](C)NC(=O)/C=C/c3ccccc3F)cc21. The van der Waals surface area contributed by atoms with Gasteiger partial charge in [-0.25, -0.2) is 4.39 Å². The fourth-order valence-corrected chi connectivity index (χ4v) is 3.01. The molecule has 1 atom stereocenters. The van der Waals surface area contributed by atoms with Crippen molar-refractivity contribution < 1.29 is 13.9 Å². The zero-order valence-electron chi connectivity index (χ0n) is 15.0. The van der Waals surface area contributed by atoms with Crippen LogP contribution in [0.15, 0.2) is 48.5 Å². The van der Waals surface area contributed by atoms with E-state index >= 15 is 0 Å². The Labute approximate surface area is 153 Å². The van der Waals surface area contributed by atoms with Crippen LogP contribution in [0.4, 0.5) is 10.1 Å². The van der Waals surface area contributed by atoms with Gasteiger partial charge in [-0.2, -0.15) is 0 Å². The second-order valence-corrected chi connectivity index (χ2v) is 6.24. The number of anilines is 1. The molecule has 2 aromatic carbocycles. The van der Waals surface area contributed by atoms with E-state index in [1.807, 2.05) is 19.1 Å². The molecule has 0 aromatic heterocycles. The summed E-state index contributed by atoms with van der Waals surface area (Å²) >= 11 is 0. The summed E-state index contributed by atoms with van der Waals surface area (Å²) in [5.41, 5.74) is 2.44. The number of nitrogens with zero attached hydrogens (tertiary/aromatic N) is 1. The van der Waals surface area contributed by atoms with Crippen LogP contribution in [0.3, 0.4) is 0 Å². The van der Waals surface area contributed by atoms with E-state index in [9.17, 15) is 9.18 Å². The fourth-order valence-electron chi connectivity index (χ4n) is 3.01. The molecule has 3 rings (SSSR count). The maximum Gasteiger partial charge on any atom is 0.244 e. The average molecular weight is 354 g/mol. The van der Waals surface area contributed by atoms with Crippen LogP contribution in [0.25, 0.3) is 6.08 Å². The highest BCUT2D eigenvalue weighted by atomic mass is 19.1. The highest BCUT2D eigenvalue weighted by Gasteiger charge is 2.18. The number of fused-ring (bicyclic) bond motifs is 1. The van der Waals surface area contributed by atoms with E-state index in [0.29, 0.717) is 12.2 Å². The first kappa shape index (κ1) is 18.0. The Morgan fingerprint density at radius 2 is 2.15 bits per heavy atom. The molecule has 5 heteroatoms. The van der Waals surface area contributed by atoms with Gasteiger partial charge in [-0.05, 0) is 43.7 Å². The normalized spacial score (nSPS) is 14.7. The van der Waals surface area contributed by atoms with Gasteiger partial charge in [-0.3, -0.25) is 4.79 Å². The van der Waals surface area contributed by atoms with Crippen LogP contribution in [0.1, 0.15) is 31.0 Å². The maximum absolute atomic E-state index is 13.6. The van der Waals surface area contributed by atoms with Crippen LogP contribution in [0.2, 0.25) is 0 Å². The van der Waals surface area contributed by atoms with Crippen LogP contribution < -0.4 is 15.0 Å². The third-order valence-corrected chi connectivity index (χ3v) is 4.50. The van der Waals surface area contributed by atoms with Crippen molar-refractivity contribution in [2.45, 2.75) is 19.9 Å². The summed E-state index contributed by atoms with van der Waals surface area (Å²) in [6.07, 6.45) is 2.84. The number of ether oxygens (including phenoxy) is 1. The van der Waals surface area contributed by atoms with Crippen LogP contribution in [-0.2, 0) is 4.79 Å². The van der Waals surface area contributed by atoms with Gasteiger partial charge < -0.3 is 15.0 Å². The molecule has 1 N–H and O–H groups in total. The Morgan fingerprint density at radius 3 is 2.92 bits per heavy atom. The molecule has 1 heterocycles. The van der Waals surface area contributed by atoms with E-state index in [2.05, 4.69) is 23.2 Å². The molecule has 2 aromatic rings. The minimum Gasteiger partial charge on any atom is -0.490 e. The van der Waals surface area contributed by atoms with Gasteiger partial charge in [-0.15, -0.1) is 0 Å². The first-order valence-corrected chi connectivity index (χ1v) is 8.83. The van der Waals surface area contributed by atoms with E-state index in [0.717, 1.165) is 30.1 Å². The molecule has 0 radical (unpaired) electrons. The highest BCUT2D eigenvalue weighted by Crippen LogP contribution is 2.33. The lowest BCUT2D eigenvalue weighted by Crippen LogP contribution is -2.32. The molecule has 136 valence electrons. The zero-order chi connectivity index (χ0) is 18.5. The topological polar surface area (TPSA) is 41.6 Å². The third-order valence-electron chi connectivity index (χ3n) is 4.50. The number of hydrogen-bond acceptors (Lipinski definition) is 3. The summed E-state index contributed by atoms with van der Waals surface area (Å²) in [7, 11) is 0. The number of carbonyl (C=O) groups excluding carboxylic acids is 1. The Kier molecular flexibility index (Phi) is 5.56. The van der Waals surface area contributed by atoms with E-state index < -0.39 is 0 Å². The van der Waals surface area contributed by atoms with Crippen molar-refractivity contribution in [3.8, 4) is 5.75 Å². The Bertz CT molecular complexity index is 819. The Morgan fingerprint density at radius 1 is 1.35 bits per heavy atom. The van der Waals surface area contributed by atoms with Crippen molar-refractivity contribution in [3.63, 3.8) is 0 Å². The van der Waals surface area contributed by atoms with Crippen LogP contribution in [0, 0.1) is 5.82 Å². The molecule has 0 saturated heterocycles. The second kappa shape index (κ2) is 8.04. The molecule has 0 fully saturated rings. The number of likely N-dealkylation sites (N-methyl/N-ethyl adjacent to an activating group) is 1. The van der Waals surface area contributed by atoms with Gasteiger partial charge in [0, 0.05) is 18.2 Å².